The molecule has 1 aromatic carbocycles. The first-order chi connectivity index (χ1) is 15.7. The fourth-order valence-corrected chi connectivity index (χ4v) is 4.21. The Morgan fingerprint density at radius 1 is 1.03 bits per heavy atom. The average molecular weight is 473 g/mol. The molecule has 0 aliphatic carbocycles. The lowest BCUT2D eigenvalue weighted by Gasteiger charge is -2.36. The maximum absolute atomic E-state index is 12.7. The van der Waals surface area contributed by atoms with E-state index in [1.807, 2.05) is 57.2 Å². The minimum absolute atomic E-state index is 0.258. The van der Waals surface area contributed by atoms with E-state index in [0.29, 0.717) is 50.1 Å². The van der Waals surface area contributed by atoms with Crippen LogP contribution in [0, 0.1) is 0 Å². The molecule has 0 N–H and O–H groups in total. The molecule has 1 saturated heterocycles. The Balaban J connectivity index is 1.40. The number of ether oxygens (including phenoxy) is 2. The molecule has 176 valence electrons. The number of amides is 2. The molecule has 0 spiro atoms. The van der Waals surface area contributed by atoms with Crippen molar-refractivity contribution in [1.29, 1.82) is 0 Å². The fourth-order valence-electron chi connectivity index (χ4n) is 4.03. The number of carbonyl (C=O) groups is 2. The van der Waals surface area contributed by atoms with Gasteiger partial charge in [-0.3, -0.25) is 4.90 Å². The third kappa shape index (κ3) is 5.50. The van der Waals surface area contributed by atoms with E-state index < -0.39 is 11.7 Å². The van der Waals surface area contributed by atoms with E-state index >= 15 is 0 Å². The molecule has 2 aliphatic heterocycles. The Kier molecular flexibility index (Phi) is 6.65. The lowest BCUT2D eigenvalue weighted by atomic mass is 10.1. The van der Waals surface area contributed by atoms with E-state index in [0.717, 1.165) is 16.8 Å². The Bertz CT molecular complexity index is 1020. The van der Waals surface area contributed by atoms with Crippen LogP contribution in [0.25, 0.3) is 0 Å². The standard InChI is InChI=1S/C24H29ClN4O4/c1-24(2,3)33-23(31)29-10-9-18-19(15-20(25)26-21(18)29)27-11-13-28(14-12-27)22(30)32-16-17-7-5-4-6-8-17/h4-8,15H,9-14,16H2,1-3H3. The molecule has 0 radical (unpaired) electrons. The lowest BCUT2D eigenvalue weighted by Crippen LogP contribution is -2.49. The highest BCUT2D eigenvalue weighted by Gasteiger charge is 2.34. The predicted octanol–water partition coefficient (Wildman–Crippen LogP) is 4.49. The molecule has 2 aliphatic rings. The average Bonchev–Trinajstić information content (AvgIpc) is 3.20. The van der Waals surface area contributed by atoms with Crippen molar-refractivity contribution in [2.45, 2.75) is 39.4 Å². The van der Waals surface area contributed by atoms with Gasteiger partial charge in [0.15, 0.2) is 0 Å². The summed E-state index contributed by atoms with van der Waals surface area (Å²) in [4.78, 5) is 35.0. The molecule has 0 saturated carbocycles. The first kappa shape index (κ1) is 23.2. The summed E-state index contributed by atoms with van der Waals surface area (Å²) in [5.41, 5.74) is 2.30. The van der Waals surface area contributed by atoms with Crippen molar-refractivity contribution < 1.29 is 19.1 Å². The third-order valence-corrected chi connectivity index (χ3v) is 5.78. The highest BCUT2D eigenvalue weighted by molar-refractivity contribution is 6.30. The summed E-state index contributed by atoms with van der Waals surface area (Å²) < 4.78 is 11.0. The largest absolute Gasteiger partial charge is 0.445 e. The van der Waals surface area contributed by atoms with E-state index in [-0.39, 0.29) is 12.7 Å². The number of rotatable bonds is 3. The van der Waals surface area contributed by atoms with Crippen molar-refractivity contribution in [3.63, 3.8) is 0 Å². The van der Waals surface area contributed by atoms with Gasteiger partial charge in [0.25, 0.3) is 0 Å². The van der Waals surface area contributed by atoms with Crippen molar-refractivity contribution in [3.05, 3.63) is 52.7 Å². The van der Waals surface area contributed by atoms with Gasteiger partial charge < -0.3 is 19.3 Å². The second kappa shape index (κ2) is 9.47. The van der Waals surface area contributed by atoms with Crippen molar-refractivity contribution in [3.8, 4) is 0 Å². The first-order valence-electron chi connectivity index (χ1n) is 11.1. The molecule has 1 fully saturated rings. The number of halogens is 1. The normalized spacial score (nSPS) is 15.9. The van der Waals surface area contributed by atoms with Crippen molar-refractivity contribution >= 4 is 35.3 Å². The van der Waals surface area contributed by atoms with Crippen LogP contribution >= 0.6 is 11.6 Å². The molecule has 0 unspecified atom stereocenters. The molecule has 0 bridgehead atoms. The quantitative estimate of drug-likeness (QED) is 0.612. The number of aromatic nitrogens is 1. The maximum atomic E-state index is 12.7. The number of piperazine rings is 1. The monoisotopic (exact) mass is 472 g/mol. The molecular formula is C24H29ClN4O4. The smallest absolute Gasteiger partial charge is 0.416 e. The van der Waals surface area contributed by atoms with Crippen LogP contribution in [0.4, 0.5) is 21.1 Å². The Labute approximate surface area is 199 Å². The molecule has 1 aromatic heterocycles. The zero-order valence-electron chi connectivity index (χ0n) is 19.2. The van der Waals surface area contributed by atoms with Gasteiger partial charge in [-0.1, -0.05) is 41.9 Å². The van der Waals surface area contributed by atoms with Crippen molar-refractivity contribution in [2.75, 3.05) is 42.5 Å². The SMILES string of the molecule is CC(C)(C)OC(=O)N1CCc2c(N3CCN(C(=O)OCc4ccccc4)CC3)cc(Cl)nc21. The number of fused-ring (bicyclic) bond motifs is 1. The van der Waals surface area contributed by atoms with E-state index in [1.54, 1.807) is 9.80 Å². The van der Waals surface area contributed by atoms with Crippen LogP contribution in [-0.4, -0.2) is 60.4 Å². The molecule has 4 rings (SSSR count). The fraction of sp³-hybridized carbons (Fsp3) is 0.458. The van der Waals surface area contributed by atoms with Gasteiger partial charge in [-0.2, -0.15) is 0 Å². The van der Waals surface area contributed by atoms with E-state index in [2.05, 4.69) is 9.88 Å². The van der Waals surface area contributed by atoms with Gasteiger partial charge in [0, 0.05) is 44.0 Å². The highest BCUT2D eigenvalue weighted by atomic mass is 35.5. The number of carbonyl (C=O) groups excluding carboxylic acids is 2. The van der Waals surface area contributed by atoms with E-state index in [1.165, 1.54) is 0 Å². The molecule has 2 amide bonds. The minimum Gasteiger partial charge on any atom is -0.445 e. The van der Waals surface area contributed by atoms with E-state index in [9.17, 15) is 9.59 Å². The van der Waals surface area contributed by atoms with E-state index in [4.69, 9.17) is 21.1 Å². The van der Waals surface area contributed by atoms with Gasteiger partial charge >= 0.3 is 12.2 Å². The second-order valence-corrected chi connectivity index (χ2v) is 9.55. The molecule has 8 nitrogen and oxygen atoms in total. The second-order valence-electron chi connectivity index (χ2n) is 9.16. The van der Waals surface area contributed by atoms with Crippen molar-refractivity contribution in [1.82, 2.24) is 9.88 Å². The predicted molar refractivity (Wildman–Crippen MR) is 127 cm³/mol. The lowest BCUT2D eigenvalue weighted by molar-refractivity contribution is 0.0582. The number of anilines is 2. The first-order valence-corrected chi connectivity index (χ1v) is 11.5. The molecule has 9 heteroatoms. The highest BCUT2D eigenvalue weighted by Crippen LogP contribution is 2.37. The topological polar surface area (TPSA) is 75.2 Å². The third-order valence-electron chi connectivity index (χ3n) is 5.59. The van der Waals surface area contributed by atoms with Gasteiger partial charge in [-0.15, -0.1) is 0 Å². The number of nitrogens with zero attached hydrogens (tertiary/aromatic N) is 4. The zero-order chi connectivity index (χ0) is 23.6. The molecule has 3 heterocycles. The van der Waals surface area contributed by atoms with Crippen LogP contribution in [0.3, 0.4) is 0 Å². The molecular weight excluding hydrogens is 444 g/mol. The van der Waals surface area contributed by atoms with Crippen LogP contribution in [0.15, 0.2) is 36.4 Å². The minimum atomic E-state index is -0.591. The van der Waals surface area contributed by atoms with Gasteiger partial charge in [-0.05, 0) is 38.8 Å². The number of benzene rings is 1. The maximum Gasteiger partial charge on any atom is 0.416 e. The van der Waals surface area contributed by atoms with Gasteiger partial charge in [0.05, 0.1) is 0 Å². The van der Waals surface area contributed by atoms with Crippen molar-refractivity contribution in [2.24, 2.45) is 0 Å². The summed E-state index contributed by atoms with van der Waals surface area (Å²) in [6.45, 7) is 8.62. The van der Waals surface area contributed by atoms with Gasteiger partial charge in [0.1, 0.15) is 23.2 Å². The molecule has 33 heavy (non-hydrogen) atoms. The summed E-state index contributed by atoms with van der Waals surface area (Å²) in [6.07, 6.45) is -0.0616. The Hall–Kier alpha value is -3.00. The van der Waals surface area contributed by atoms with Crippen LogP contribution < -0.4 is 9.80 Å². The van der Waals surface area contributed by atoms with Crippen LogP contribution in [-0.2, 0) is 22.5 Å². The van der Waals surface area contributed by atoms with Crippen LogP contribution in [0.5, 0.6) is 0 Å². The summed E-state index contributed by atoms with van der Waals surface area (Å²) >= 11 is 6.33. The van der Waals surface area contributed by atoms with Crippen LogP contribution in [0.1, 0.15) is 31.9 Å². The summed E-state index contributed by atoms with van der Waals surface area (Å²) in [5.74, 6) is 0.552. The molecule has 2 aromatic rings. The Morgan fingerprint density at radius 3 is 2.39 bits per heavy atom. The summed E-state index contributed by atoms with van der Waals surface area (Å²) in [5, 5.41) is 0.323. The van der Waals surface area contributed by atoms with Crippen LogP contribution in [0.2, 0.25) is 5.15 Å². The number of hydrogen-bond donors (Lipinski definition) is 0. The number of pyridine rings is 1. The number of hydrogen-bond acceptors (Lipinski definition) is 6. The van der Waals surface area contributed by atoms with Gasteiger partial charge in [-0.25, -0.2) is 14.6 Å². The molecule has 0 atom stereocenters. The summed E-state index contributed by atoms with van der Waals surface area (Å²) in [7, 11) is 0. The van der Waals surface area contributed by atoms with Gasteiger partial charge in [0.2, 0.25) is 0 Å². The summed E-state index contributed by atoms with van der Waals surface area (Å²) in [6, 6.07) is 11.5. The Morgan fingerprint density at radius 2 is 1.73 bits per heavy atom. The zero-order valence-corrected chi connectivity index (χ0v) is 20.0.